The van der Waals surface area contributed by atoms with Crippen LogP contribution < -0.4 is 0 Å². The van der Waals surface area contributed by atoms with Crippen molar-refractivity contribution in [3.63, 3.8) is 0 Å². The Morgan fingerprint density at radius 3 is 2.65 bits per heavy atom. The third-order valence-electron chi connectivity index (χ3n) is 3.04. The first kappa shape index (κ1) is 15.2. The molecule has 1 unspecified atom stereocenters. The van der Waals surface area contributed by atoms with Crippen LogP contribution in [0, 0.1) is 5.82 Å². The Hall–Kier alpha value is -1.20. The number of rotatable bonds is 5. The molecule has 0 spiro atoms. The van der Waals surface area contributed by atoms with Crippen LogP contribution in [0.4, 0.5) is 4.39 Å². The van der Waals surface area contributed by atoms with Crippen molar-refractivity contribution in [1.29, 1.82) is 0 Å². The van der Waals surface area contributed by atoms with Crippen LogP contribution in [0.1, 0.15) is 25.2 Å². The van der Waals surface area contributed by atoms with E-state index in [-0.39, 0.29) is 10.6 Å². The monoisotopic (exact) mass is 314 g/mol. The molecule has 108 valence electrons. The van der Waals surface area contributed by atoms with Gasteiger partial charge in [0.2, 0.25) is 0 Å². The molecule has 1 aromatic carbocycles. The fourth-order valence-corrected chi connectivity index (χ4v) is 3.61. The molecule has 0 radical (unpaired) electrons. The van der Waals surface area contributed by atoms with Crippen molar-refractivity contribution < 1.29 is 8.60 Å². The molecule has 20 heavy (non-hydrogen) atoms. The maximum absolute atomic E-state index is 13.6. The quantitative estimate of drug-likeness (QED) is 0.845. The third-order valence-corrected chi connectivity index (χ3v) is 4.84. The van der Waals surface area contributed by atoms with Gasteiger partial charge in [0.05, 0.1) is 37.9 Å². The van der Waals surface area contributed by atoms with E-state index in [9.17, 15) is 8.60 Å². The predicted octanol–water partition coefficient (Wildman–Crippen LogP) is 3.57. The number of nitrogens with zero attached hydrogens (tertiary/aromatic N) is 2. The molecule has 2 rings (SSSR count). The molecule has 3 nitrogen and oxygen atoms in total. The predicted molar refractivity (Wildman–Crippen MR) is 78.8 cm³/mol. The molecule has 1 atom stereocenters. The molecule has 0 saturated heterocycles. The van der Waals surface area contributed by atoms with E-state index in [1.54, 1.807) is 16.8 Å². The molecular weight excluding hydrogens is 299 g/mol. The van der Waals surface area contributed by atoms with Gasteiger partial charge in [-0.25, -0.2) is 4.39 Å². The van der Waals surface area contributed by atoms with Crippen LogP contribution in [0.15, 0.2) is 29.2 Å². The van der Waals surface area contributed by atoms with E-state index in [0.29, 0.717) is 23.7 Å². The highest BCUT2D eigenvalue weighted by Gasteiger charge is 2.18. The van der Waals surface area contributed by atoms with E-state index in [2.05, 4.69) is 5.10 Å². The van der Waals surface area contributed by atoms with Crippen LogP contribution >= 0.6 is 11.6 Å². The summed E-state index contributed by atoms with van der Waals surface area (Å²) in [5.74, 6) is -0.291. The first-order chi connectivity index (χ1) is 9.58. The van der Waals surface area contributed by atoms with E-state index < -0.39 is 16.6 Å². The number of hydrogen-bond acceptors (Lipinski definition) is 2. The largest absolute Gasteiger partial charge is 0.267 e. The average molecular weight is 315 g/mol. The van der Waals surface area contributed by atoms with E-state index in [4.69, 9.17) is 11.6 Å². The molecule has 0 aliphatic carbocycles. The van der Waals surface area contributed by atoms with Crippen LogP contribution in [-0.2, 0) is 29.5 Å². The minimum Gasteiger partial charge on any atom is -0.267 e. The normalized spacial score (nSPS) is 12.6. The van der Waals surface area contributed by atoms with Gasteiger partial charge >= 0.3 is 0 Å². The Labute approximate surface area is 125 Å². The highest BCUT2D eigenvalue weighted by atomic mass is 35.5. The lowest BCUT2D eigenvalue weighted by atomic mass is 10.3. The molecule has 0 bridgehead atoms. The maximum atomic E-state index is 13.6. The fourth-order valence-electron chi connectivity index (χ4n) is 1.99. The Balaban J connectivity index is 2.33. The lowest BCUT2D eigenvalue weighted by Gasteiger charge is -2.06. The standard InChI is InChI=1S/C14H16ClFN2OS/c1-3-11-14(15)12(18(4-2)17-11)9-20(19)13-8-6-5-7-10(13)16/h5-8H,3-4,9H2,1-2H3. The van der Waals surface area contributed by atoms with E-state index >= 15 is 0 Å². The zero-order chi connectivity index (χ0) is 14.7. The highest BCUT2D eigenvalue weighted by Crippen LogP contribution is 2.25. The highest BCUT2D eigenvalue weighted by molar-refractivity contribution is 7.84. The zero-order valence-corrected chi connectivity index (χ0v) is 13.0. The zero-order valence-electron chi connectivity index (χ0n) is 11.4. The number of aryl methyl sites for hydroxylation is 2. The summed E-state index contributed by atoms with van der Waals surface area (Å²) in [4.78, 5) is 0.200. The second-order valence-electron chi connectivity index (χ2n) is 4.30. The lowest BCUT2D eigenvalue weighted by Crippen LogP contribution is -2.07. The molecule has 0 aliphatic heterocycles. The molecule has 0 amide bonds. The van der Waals surface area contributed by atoms with Crippen LogP contribution in [0.25, 0.3) is 0 Å². The molecular formula is C14H16ClFN2OS. The van der Waals surface area contributed by atoms with E-state index in [1.807, 2.05) is 13.8 Å². The summed E-state index contributed by atoms with van der Waals surface area (Å²) in [6.07, 6.45) is 0.713. The summed E-state index contributed by atoms with van der Waals surface area (Å²) < 4.78 is 27.7. The second kappa shape index (κ2) is 6.50. The van der Waals surface area contributed by atoms with Crippen LogP contribution in [0.2, 0.25) is 5.02 Å². The summed E-state index contributed by atoms with van der Waals surface area (Å²) in [7, 11) is -1.48. The van der Waals surface area contributed by atoms with Gasteiger partial charge in [0.15, 0.2) is 0 Å². The van der Waals surface area contributed by atoms with Gasteiger partial charge < -0.3 is 0 Å². The van der Waals surface area contributed by atoms with Gasteiger partial charge in [0.25, 0.3) is 0 Å². The van der Waals surface area contributed by atoms with Crippen LogP contribution in [0.5, 0.6) is 0 Å². The van der Waals surface area contributed by atoms with Gasteiger partial charge in [-0.2, -0.15) is 5.10 Å². The topological polar surface area (TPSA) is 34.9 Å². The minimum atomic E-state index is -1.48. The van der Waals surface area contributed by atoms with Crippen molar-refractivity contribution in [2.75, 3.05) is 0 Å². The van der Waals surface area contributed by atoms with Crippen molar-refractivity contribution in [3.05, 3.63) is 46.5 Å². The van der Waals surface area contributed by atoms with Gasteiger partial charge in [-0.1, -0.05) is 30.7 Å². The molecule has 2 aromatic rings. The van der Waals surface area contributed by atoms with Crippen molar-refractivity contribution in [3.8, 4) is 0 Å². The van der Waals surface area contributed by atoms with E-state index in [1.165, 1.54) is 12.1 Å². The number of benzene rings is 1. The Morgan fingerprint density at radius 1 is 1.35 bits per heavy atom. The average Bonchev–Trinajstić information content (AvgIpc) is 2.75. The summed E-state index contributed by atoms with van der Waals surface area (Å²) in [5, 5.41) is 4.91. The first-order valence-corrected chi connectivity index (χ1v) is 8.15. The SMILES string of the molecule is CCc1nn(CC)c(CS(=O)c2ccccc2F)c1Cl. The van der Waals surface area contributed by atoms with Gasteiger partial charge in [-0.05, 0) is 25.5 Å². The minimum absolute atomic E-state index is 0.167. The van der Waals surface area contributed by atoms with Crippen LogP contribution in [0.3, 0.4) is 0 Å². The fraction of sp³-hybridized carbons (Fsp3) is 0.357. The summed E-state index contributed by atoms with van der Waals surface area (Å²) in [6, 6.07) is 6.09. The van der Waals surface area contributed by atoms with Crippen molar-refractivity contribution in [2.24, 2.45) is 0 Å². The Bertz CT molecular complexity index is 642. The Morgan fingerprint density at radius 2 is 2.05 bits per heavy atom. The van der Waals surface area contributed by atoms with Crippen molar-refractivity contribution >= 4 is 22.4 Å². The van der Waals surface area contributed by atoms with Gasteiger partial charge in [0.1, 0.15) is 5.82 Å². The van der Waals surface area contributed by atoms with Gasteiger partial charge in [-0.3, -0.25) is 8.89 Å². The number of aromatic nitrogens is 2. The molecule has 1 heterocycles. The van der Waals surface area contributed by atoms with Crippen molar-refractivity contribution in [1.82, 2.24) is 9.78 Å². The second-order valence-corrected chi connectivity index (χ2v) is 6.09. The molecule has 0 fully saturated rings. The maximum Gasteiger partial charge on any atom is 0.139 e. The molecule has 1 aromatic heterocycles. The molecule has 6 heteroatoms. The summed E-state index contributed by atoms with van der Waals surface area (Å²) in [5.41, 5.74) is 1.49. The lowest BCUT2D eigenvalue weighted by molar-refractivity contribution is 0.593. The van der Waals surface area contributed by atoms with E-state index in [0.717, 1.165) is 5.69 Å². The number of hydrogen-bond donors (Lipinski definition) is 0. The molecule has 0 N–H and O–H groups in total. The summed E-state index contributed by atoms with van der Waals surface area (Å²) >= 11 is 6.27. The van der Waals surface area contributed by atoms with Gasteiger partial charge in [-0.15, -0.1) is 0 Å². The first-order valence-electron chi connectivity index (χ1n) is 6.45. The smallest absolute Gasteiger partial charge is 0.139 e. The van der Waals surface area contributed by atoms with Gasteiger partial charge in [0, 0.05) is 6.54 Å². The summed E-state index contributed by atoms with van der Waals surface area (Å²) in [6.45, 7) is 4.55. The Kier molecular flexibility index (Phi) is 4.94. The molecule has 0 aliphatic rings. The van der Waals surface area contributed by atoms with Crippen molar-refractivity contribution in [2.45, 2.75) is 37.5 Å². The number of halogens is 2. The molecule has 0 saturated carbocycles. The van der Waals surface area contributed by atoms with Crippen LogP contribution in [-0.4, -0.2) is 14.0 Å². The third kappa shape index (κ3) is 2.94.